The van der Waals surface area contributed by atoms with Gasteiger partial charge in [0.25, 0.3) is 0 Å². The van der Waals surface area contributed by atoms with Crippen LogP contribution >= 0.6 is 0 Å². The van der Waals surface area contributed by atoms with Crippen LogP contribution in [0.25, 0.3) is 0 Å². The van der Waals surface area contributed by atoms with Crippen LogP contribution < -0.4 is 5.84 Å². The molecule has 0 aromatic heterocycles. The molecule has 0 fully saturated rings. The van der Waals surface area contributed by atoms with Crippen LogP contribution in [0.1, 0.15) is 0 Å². The van der Waals surface area contributed by atoms with Crippen LogP contribution in [0.2, 0.25) is 0 Å². The Balaban J connectivity index is 2.60. The highest BCUT2D eigenvalue weighted by Crippen LogP contribution is 2.24. The van der Waals surface area contributed by atoms with Gasteiger partial charge in [-0.2, -0.15) is 31.5 Å². The fourth-order valence-corrected chi connectivity index (χ4v) is 0.685. The molecule has 0 saturated heterocycles. The maximum Gasteiger partial charge on any atom is 0.492 e. The van der Waals surface area contributed by atoms with E-state index in [1.54, 1.807) is 0 Å². The van der Waals surface area contributed by atoms with Crippen molar-refractivity contribution in [2.75, 3.05) is 0 Å². The molecular formula is C6H3F6N3O5. The number of alkyl halides is 6. The molecule has 14 heteroatoms. The molecule has 0 spiro atoms. The average Bonchev–Trinajstić information content (AvgIpc) is 2.56. The maximum atomic E-state index is 11.8. The van der Waals surface area contributed by atoms with Crippen molar-refractivity contribution in [2.24, 2.45) is 5.84 Å². The van der Waals surface area contributed by atoms with Crippen molar-refractivity contribution in [1.82, 2.24) is 10.5 Å². The van der Waals surface area contributed by atoms with Gasteiger partial charge < -0.3 is 14.4 Å². The van der Waals surface area contributed by atoms with Crippen LogP contribution in [0.3, 0.4) is 0 Å². The van der Waals surface area contributed by atoms with Crippen LogP contribution in [0.5, 0.6) is 0 Å². The molecule has 1 aliphatic rings. The summed E-state index contributed by atoms with van der Waals surface area (Å²) in [6, 6.07) is 0. The van der Waals surface area contributed by atoms with Gasteiger partial charge >= 0.3 is 30.2 Å². The van der Waals surface area contributed by atoms with Crippen molar-refractivity contribution < 1.29 is 50.3 Å². The van der Waals surface area contributed by atoms with E-state index in [0.717, 1.165) is 0 Å². The predicted molar refractivity (Wildman–Crippen MR) is 41.3 cm³/mol. The van der Waals surface area contributed by atoms with Crippen LogP contribution in [-0.4, -0.2) is 34.7 Å². The number of nitrogens with two attached hydrogens (primary N) is 1. The number of nitrogens with zero attached hydrogens (tertiary/aromatic N) is 2. The van der Waals surface area contributed by atoms with Gasteiger partial charge in [0, 0.05) is 0 Å². The third-order valence-corrected chi connectivity index (χ3v) is 1.41. The Morgan fingerprint density at radius 2 is 1.60 bits per heavy atom. The number of hydrogen-bond acceptors (Lipinski definition) is 8. The molecule has 114 valence electrons. The highest BCUT2D eigenvalue weighted by molar-refractivity contribution is 5.76. The highest BCUT2D eigenvalue weighted by Gasteiger charge is 2.46. The Morgan fingerprint density at radius 3 is 2.05 bits per heavy atom. The first kappa shape index (κ1) is 15.8. The van der Waals surface area contributed by atoms with Gasteiger partial charge in [-0.05, 0) is 0 Å². The summed E-state index contributed by atoms with van der Waals surface area (Å²) < 4.78 is 74.5. The molecule has 0 unspecified atom stereocenters. The van der Waals surface area contributed by atoms with Gasteiger partial charge in [-0.3, -0.25) is 0 Å². The lowest BCUT2D eigenvalue weighted by atomic mass is 10.7. The second-order valence-corrected chi connectivity index (χ2v) is 2.92. The number of carbonyl (C=O) groups excluding carboxylic acids is 2. The van der Waals surface area contributed by atoms with Crippen LogP contribution in [0.4, 0.5) is 26.3 Å². The molecule has 0 saturated carbocycles. The minimum atomic E-state index is -5.41. The summed E-state index contributed by atoms with van der Waals surface area (Å²) in [6.07, 6.45) is -10.5. The molecule has 1 heterocycles. The Morgan fingerprint density at radius 1 is 1.10 bits per heavy atom. The number of carbonyl (C=O) groups is 2. The van der Waals surface area contributed by atoms with Gasteiger partial charge in [0.05, 0.1) is 0 Å². The number of rotatable bonds is 2. The fourth-order valence-electron chi connectivity index (χ4n) is 0.685. The molecule has 0 amide bonds. The number of esters is 1. The first-order valence-corrected chi connectivity index (χ1v) is 4.23. The standard InChI is InChI=1S/C6H3F6N3O5/c7-5(8,9)3(16)18-2-1-14(13)15(19-2)20-4(17)6(10,11)12/h1H,13H2. The summed E-state index contributed by atoms with van der Waals surface area (Å²) >= 11 is 0. The Kier molecular flexibility index (Phi) is 3.99. The average molecular weight is 311 g/mol. The molecule has 8 nitrogen and oxygen atoms in total. The molecule has 0 bridgehead atoms. The quantitative estimate of drug-likeness (QED) is 0.440. The molecule has 0 aromatic rings. The number of ether oxygens (including phenoxy) is 1. The van der Waals surface area contributed by atoms with Crippen LogP contribution in [0, 0.1) is 0 Å². The topological polar surface area (TPSA) is 94.3 Å². The zero-order valence-corrected chi connectivity index (χ0v) is 8.86. The number of halogens is 6. The summed E-state index contributed by atoms with van der Waals surface area (Å²) in [5.74, 6) is -1.87. The molecule has 0 radical (unpaired) electrons. The summed E-state index contributed by atoms with van der Waals surface area (Å²) in [7, 11) is 0. The Hall–Kier alpha value is -2.22. The lowest BCUT2D eigenvalue weighted by molar-refractivity contribution is -0.412. The molecular weight excluding hydrogens is 308 g/mol. The van der Waals surface area contributed by atoms with Crippen LogP contribution in [-0.2, 0) is 24.0 Å². The molecule has 20 heavy (non-hydrogen) atoms. The minimum absolute atomic E-state index is 0.0113. The largest absolute Gasteiger partial charge is 0.492 e. The lowest BCUT2D eigenvalue weighted by Crippen LogP contribution is -2.43. The second-order valence-electron chi connectivity index (χ2n) is 2.92. The summed E-state index contributed by atoms with van der Waals surface area (Å²) in [4.78, 5) is 28.3. The third-order valence-electron chi connectivity index (χ3n) is 1.41. The van der Waals surface area contributed by atoms with Crippen molar-refractivity contribution in [2.45, 2.75) is 12.4 Å². The van der Waals surface area contributed by atoms with E-state index in [1.807, 2.05) is 0 Å². The maximum absolute atomic E-state index is 11.8. The lowest BCUT2D eigenvalue weighted by Gasteiger charge is -2.19. The first-order valence-electron chi connectivity index (χ1n) is 4.23. The fraction of sp³-hybridized carbons (Fsp3) is 0.333. The van der Waals surface area contributed by atoms with Gasteiger partial charge in [0.15, 0.2) is 5.34 Å². The molecule has 0 aliphatic carbocycles. The van der Waals surface area contributed by atoms with Gasteiger partial charge in [-0.15, -0.1) is 0 Å². The van der Waals surface area contributed by atoms with Crippen molar-refractivity contribution in [3.63, 3.8) is 0 Å². The molecule has 2 N–H and O–H groups in total. The van der Waals surface area contributed by atoms with E-state index in [1.165, 1.54) is 0 Å². The summed E-state index contributed by atoms with van der Waals surface area (Å²) in [5, 5.41) is -0.461. The van der Waals surface area contributed by atoms with Crippen molar-refractivity contribution >= 4 is 11.9 Å². The van der Waals surface area contributed by atoms with Crippen molar-refractivity contribution in [3.8, 4) is 0 Å². The van der Waals surface area contributed by atoms with E-state index in [0.29, 0.717) is 6.20 Å². The molecule has 0 aromatic carbocycles. The van der Waals surface area contributed by atoms with E-state index in [-0.39, 0.29) is 5.12 Å². The Labute approximate surface area is 104 Å². The smallest absolute Gasteiger partial charge is 0.384 e. The van der Waals surface area contributed by atoms with Gasteiger partial charge in [0.2, 0.25) is 0 Å². The summed E-state index contributed by atoms with van der Waals surface area (Å²) in [5.41, 5.74) is 0. The van der Waals surface area contributed by atoms with Crippen LogP contribution in [0.15, 0.2) is 12.1 Å². The van der Waals surface area contributed by atoms with Gasteiger partial charge in [0.1, 0.15) is 6.20 Å². The van der Waals surface area contributed by atoms with Gasteiger partial charge in [-0.25, -0.2) is 15.4 Å². The first-order chi connectivity index (χ1) is 8.91. The summed E-state index contributed by atoms with van der Waals surface area (Å²) in [6.45, 7) is 0. The van der Waals surface area contributed by atoms with Gasteiger partial charge in [-0.1, -0.05) is 0 Å². The van der Waals surface area contributed by atoms with E-state index in [9.17, 15) is 35.9 Å². The van der Waals surface area contributed by atoms with E-state index in [4.69, 9.17) is 5.84 Å². The van der Waals surface area contributed by atoms with Crippen molar-refractivity contribution in [1.29, 1.82) is 0 Å². The number of hydrazine groups is 2. The predicted octanol–water partition coefficient (Wildman–Crippen LogP) is 0.249. The van der Waals surface area contributed by atoms with E-state index in [2.05, 4.69) is 14.4 Å². The zero-order valence-electron chi connectivity index (χ0n) is 8.86. The Bertz CT molecular complexity index is 445. The second kappa shape index (κ2) is 5.04. The minimum Gasteiger partial charge on any atom is -0.384 e. The highest BCUT2D eigenvalue weighted by atomic mass is 19.4. The van der Waals surface area contributed by atoms with Crippen molar-refractivity contribution in [3.05, 3.63) is 12.1 Å². The normalized spacial score (nSPS) is 16.6. The SMILES string of the molecule is NN1C=C(OC(=O)C(F)(F)F)ON1OC(=O)C(F)(F)F. The monoisotopic (exact) mass is 311 g/mol. The number of hydrogen-bond donors (Lipinski definition) is 1. The zero-order chi connectivity index (χ0) is 15.7. The van der Waals surface area contributed by atoms with E-state index < -0.39 is 35.6 Å². The van der Waals surface area contributed by atoms with E-state index >= 15 is 0 Å². The molecule has 1 aliphatic heterocycles. The molecule has 1 rings (SSSR count). The molecule has 0 atom stereocenters. The third kappa shape index (κ3) is 3.89.